The first-order chi connectivity index (χ1) is 16.8. The Morgan fingerprint density at radius 3 is 2.80 bits per heavy atom. The molecule has 4 amide bonds. The fourth-order valence-electron chi connectivity index (χ4n) is 6.38. The molecule has 178 valence electrons. The molecule has 9 nitrogen and oxygen atoms in total. The van der Waals surface area contributed by atoms with Gasteiger partial charge in [-0.05, 0) is 49.4 Å². The van der Waals surface area contributed by atoms with Crippen molar-refractivity contribution in [2.75, 3.05) is 10.2 Å². The van der Waals surface area contributed by atoms with Crippen LogP contribution in [0.15, 0.2) is 18.2 Å². The minimum Gasteiger partial charge on any atom is -0.369 e. The minimum absolute atomic E-state index is 0.236. The summed E-state index contributed by atoms with van der Waals surface area (Å²) in [6, 6.07) is 5.20. The fraction of sp³-hybridized carbons (Fsp3) is 0.375. The van der Waals surface area contributed by atoms with Crippen molar-refractivity contribution < 1.29 is 28.9 Å². The summed E-state index contributed by atoms with van der Waals surface area (Å²) in [6.45, 7) is 0. The van der Waals surface area contributed by atoms with Crippen LogP contribution in [0.3, 0.4) is 0 Å². The number of carbonyl (C=O) groups is 4. The maximum absolute atomic E-state index is 14.3. The van der Waals surface area contributed by atoms with Gasteiger partial charge in [-0.2, -0.15) is 5.26 Å². The van der Waals surface area contributed by atoms with E-state index in [4.69, 9.17) is 5.73 Å². The molecule has 1 aromatic carbocycles. The maximum Gasteiger partial charge on any atom is 0.291 e. The van der Waals surface area contributed by atoms with Crippen LogP contribution in [-0.2, 0) is 37.6 Å². The van der Waals surface area contributed by atoms with Gasteiger partial charge < -0.3 is 16.4 Å². The highest BCUT2D eigenvalue weighted by molar-refractivity contribution is 7.17. The van der Waals surface area contributed by atoms with E-state index in [1.807, 2.05) is 0 Å². The van der Waals surface area contributed by atoms with Crippen LogP contribution in [0.25, 0.3) is 0 Å². The van der Waals surface area contributed by atoms with E-state index in [2.05, 4.69) is 11.4 Å². The standard InChI is InChI=1S/C24H20FN5O4S/c25-10-5-6-14-13(7-10)24(23(34)28-14)19-18(15(29-24)8-17(27)31)20(32)30(21(19)33)22-12(9-26)11-3-1-2-4-16(11)35-22/h5-7,15,18-19,29H,1-4,8H2,(H2,27,31)(H,28,34)/p+1/t15-,18-,19+,24+/m1/s1. The van der Waals surface area contributed by atoms with E-state index in [9.17, 15) is 28.8 Å². The highest BCUT2D eigenvalue weighted by Gasteiger charge is 2.74. The predicted molar refractivity (Wildman–Crippen MR) is 121 cm³/mol. The average Bonchev–Trinajstić information content (AvgIpc) is 3.50. The number of hydrogen-bond donors (Lipinski definition) is 3. The van der Waals surface area contributed by atoms with Crippen LogP contribution in [0.4, 0.5) is 15.1 Å². The van der Waals surface area contributed by atoms with Gasteiger partial charge in [0.15, 0.2) is 0 Å². The van der Waals surface area contributed by atoms with Crippen molar-refractivity contribution in [3.63, 3.8) is 0 Å². The number of imide groups is 1. The Bertz CT molecular complexity index is 1400. The lowest BCUT2D eigenvalue weighted by Crippen LogP contribution is -2.99. The summed E-state index contributed by atoms with van der Waals surface area (Å²) in [5.74, 6) is -5.20. The molecule has 4 heterocycles. The molecule has 0 radical (unpaired) electrons. The van der Waals surface area contributed by atoms with Crippen LogP contribution < -0.4 is 21.3 Å². The number of fused-ring (bicyclic) bond motifs is 5. The van der Waals surface area contributed by atoms with Gasteiger partial charge in [-0.25, -0.2) is 9.29 Å². The SMILES string of the molecule is N#Cc1c(N2C(=O)[C@H]3[C@@H](C2=O)[C@]2([NH2+][C@@H]3CC(N)=O)C(=O)Nc3ccc(F)cc32)sc2c1CCCC2. The van der Waals surface area contributed by atoms with E-state index < -0.39 is 52.9 Å². The minimum atomic E-state index is -1.62. The molecule has 5 N–H and O–H groups in total. The molecule has 4 aliphatic rings. The number of primary amides is 1. The number of benzene rings is 1. The van der Waals surface area contributed by atoms with Gasteiger partial charge in [0, 0.05) is 10.4 Å². The van der Waals surface area contributed by atoms with Crippen molar-refractivity contribution in [3.05, 3.63) is 45.6 Å². The topological polar surface area (TPSA) is 150 Å². The Hall–Kier alpha value is -3.62. The number of rotatable bonds is 3. The van der Waals surface area contributed by atoms with Crippen molar-refractivity contribution in [3.8, 4) is 6.07 Å². The first-order valence-electron chi connectivity index (χ1n) is 11.5. The first kappa shape index (κ1) is 21.9. The zero-order chi connectivity index (χ0) is 24.6. The van der Waals surface area contributed by atoms with E-state index >= 15 is 0 Å². The molecule has 0 unspecified atom stereocenters. The summed E-state index contributed by atoms with van der Waals surface area (Å²) in [6.07, 6.45) is 3.13. The lowest BCUT2D eigenvalue weighted by Gasteiger charge is -2.26. The van der Waals surface area contributed by atoms with Crippen LogP contribution in [0.2, 0.25) is 0 Å². The number of thiophene rings is 1. The van der Waals surface area contributed by atoms with Gasteiger partial charge in [-0.1, -0.05) is 0 Å². The average molecular weight is 495 g/mol. The number of amides is 4. The van der Waals surface area contributed by atoms with E-state index in [-0.39, 0.29) is 17.0 Å². The second-order valence-corrected chi connectivity index (χ2v) is 10.6. The number of aryl methyl sites for hydroxylation is 1. The molecular formula is C24H21FN5O4S+. The molecule has 0 saturated carbocycles. The molecule has 1 aromatic heterocycles. The van der Waals surface area contributed by atoms with Crippen LogP contribution in [0.5, 0.6) is 0 Å². The van der Waals surface area contributed by atoms with Crippen molar-refractivity contribution >= 4 is 45.7 Å². The zero-order valence-corrected chi connectivity index (χ0v) is 19.3. The summed E-state index contributed by atoms with van der Waals surface area (Å²) < 4.78 is 14.3. The maximum atomic E-state index is 14.3. The molecule has 35 heavy (non-hydrogen) atoms. The summed E-state index contributed by atoms with van der Waals surface area (Å²) >= 11 is 1.26. The smallest absolute Gasteiger partial charge is 0.291 e. The van der Waals surface area contributed by atoms with Gasteiger partial charge in [-0.3, -0.25) is 19.2 Å². The lowest BCUT2D eigenvalue weighted by molar-refractivity contribution is -0.732. The third-order valence-corrected chi connectivity index (χ3v) is 9.01. The molecule has 2 aromatic rings. The van der Waals surface area contributed by atoms with Crippen molar-refractivity contribution in [2.45, 2.75) is 43.7 Å². The number of nitrogens with one attached hydrogen (secondary N) is 1. The van der Waals surface area contributed by atoms with E-state index in [1.54, 1.807) is 0 Å². The Morgan fingerprint density at radius 2 is 2.06 bits per heavy atom. The molecule has 2 fully saturated rings. The number of nitrogens with zero attached hydrogens (tertiary/aromatic N) is 2. The summed E-state index contributed by atoms with van der Waals surface area (Å²) in [7, 11) is 0. The highest BCUT2D eigenvalue weighted by Crippen LogP contribution is 2.52. The molecule has 11 heteroatoms. The molecule has 6 rings (SSSR count). The summed E-state index contributed by atoms with van der Waals surface area (Å²) in [5.41, 5.74) is 5.65. The number of anilines is 2. The summed E-state index contributed by atoms with van der Waals surface area (Å²) in [5, 5.41) is 14.4. The number of hydrogen-bond acceptors (Lipinski definition) is 6. The van der Waals surface area contributed by atoms with Crippen LogP contribution in [0.1, 0.15) is 40.8 Å². The molecule has 1 aliphatic carbocycles. The predicted octanol–water partition coefficient (Wildman–Crippen LogP) is 0.412. The quantitative estimate of drug-likeness (QED) is 0.528. The Morgan fingerprint density at radius 1 is 1.29 bits per heavy atom. The van der Waals surface area contributed by atoms with Gasteiger partial charge >= 0.3 is 0 Å². The van der Waals surface area contributed by atoms with Gasteiger partial charge in [0.05, 0.1) is 17.7 Å². The largest absolute Gasteiger partial charge is 0.369 e. The fourth-order valence-corrected chi connectivity index (χ4v) is 7.73. The third kappa shape index (κ3) is 2.81. The molecule has 2 saturated heterocycles. The van der Waals surface area contributed by atoms with Gasteiger partial charge in [0.2, 0.25) is 23.3 Å². The van der Waals surface area contributed by atoms with Crippen molar-refractivity contribution in [2.24, 2.45) is 17.6 Å². The van der Waals surface area contributed by atoms with Crippen molar-refractivity contribution in [1.82, 2.24) is 0 Å². The Kier molecular flexibility index (Phi) is 4.65. The van der Waals surface area contributed by atoms with Gasteiger partial charge in [0.1, 0.15) is 34.8 Å². The lowest BCUT2D eigenvalue weighted by atomic mass is 9.76. The summed E-state index contributed by atoms with van der Waals surface area (Å²) in [4.78, 5) is 55.1. The second-order valence-electron chi connectivity index (χ2n) is 9.53. The Balaban J connectivity index is 1.53. The van der Waals surface area contributed by atoms with Crippen LogP contribution in [-0.4, -0.2) is 29.7 Å². The van der Waals surface area contributed by atoms with E-state index in [0.717, 1.165) is 34.6 Å². The zero-order valence-electron chi connectivity index (χ0n) is 18.5. The van der Waals surface area contributed by atoms with E-state index in [1.165, 1.54) is 34.9 Å². The van der Waals surface area contributed by atoms with E-state index in [0.29, 0.717) is 17.7 Å². The van der Waals surface area contributed by atoms with Crippen LogP contribution >= 0.6 is 11.3 Å². The molecule has 3 aliphatic heterocycles. The number of carbonyl (C=O) groups excluding carboxylic acids is 4. The molecular weight excluding hydrogens is 473 g/mol. The molecule has 0 bridgehead atoms. The monoisotopic (exact) mass is 494 g/mol. The number of quaternary nitrogens is 1. The first-order valence-corrected chi connectivity index (χ1v) is 12.3. The highest BCUT2D eigenvalue weighted by atomic mass is 32.1. The Labute approximate surface area is 203 Å². The van der Waals surface area contributed by atoms with Gasteiger partial charge in [-0.15, -0.1) is 11.3 Å². The normalized spacial score (nSPS) is 28.6. The third-order valence-electron chi connectivity index (χ3n) is 7.74. The molecule has 1 spiro atoms. The second kappa shape index (κ2) is 7.44. The number of nitriles is 1. The van der Waals surface area contributed by atoms with Gasteiger partial charge in [0.25, 0.3) is 5.91 Å². The number of halogens is 1. The number of nitrogens with two attached hydrogens (primary N) is 2. The van der Waals surface area contributed by atoms with Crippen LogP contribution in [0, 0.1) is 29.0 Å². The van der Waals surface area contributed by atoms with Crippen molar-refractivity contribution in [1.29, 1.82) is 5.26 Å². The molecule has 4 atom stereocenters.